The van der Waals surface area contributed by atoms with Crippen molar-refractivity contribution in [1.29, 1.82) is 0 Å². The van der Waals surface area contributed by atoms with Gasteiger partial charge in [-0.1, -0.05) is 134 Å². The molecule has 0 heterocycles. The summed E-state index contributed by atoms with van der Waals surface area (Å²) in [6, 6.07) is 43.8. The first-order valence-corrected chi connectivity index (χ1v) is 12.6. The van der Waals surface area contributed by atoms with E-state index >= 15 is 0 Å². The topological polar surface area (TPSA) is 12.4 Å². The zero-order chi connectivity index (χ0) is 25.5. The standard InChI is InChI=1S/C36H29N/c1-3-35(34-26-32-22-14-13-21-31(32)25-33(34)29-17-9-5-10-18-29)37-36(30-19-11-6-12-20-30)24-23-27(2)28-15-7-4-8-16-28/h3-22,25-27,36H,1H2,2H3. The molecule has 0 N–H and O–H groups in total. The molecule has 178 valence electrons. The molecule has 5 rings (SSSR count). The number of fused-ring (bicyclic) bond motifs is 1. The highest BCUT2D eigenvalue weighted by Crippen LogP contribution is 2.31. The summed E-state index contributed by atoms with van der Waals surface area (Å²) in [5.41, 5.74) is 6.44. The number of benzene rings is 5. The van der Waals surface area contributed by atoms with Crippen LogP contribution >= 0.6 is 0 Å². The molecule has 0 amide bonds. The van der Waals surface area contributed by atoms with Crippen molar-refractivity contribution in [3.05, 3.63) is 157 Å². The van der Waals surface area contributed by atoms with E-state index in [0.29, 0.717) is 0 Å². The second-order valence-corrected chi connectivity index (χ2v) is 9.06. The van der Waals surface area contributed by atoms with Crippen molar-refractivity contribution in [1.82, 2.24) is 0 Å². The average molecular weight is 476 g/mol. The molecule has 0 aliphatic rings. The molecular weight excluding hydrogens is 446 g/mol. The lowest BCUT2D eigenvalue weighted by atomic mass is 9.92. The highest BCUT2D eigenvalue weighted by molar-refractivity contribution is 6.15. The first-order chi connectivity index (χ1) is 18.2. The van der Waals surface area contributed by atoms with Gasteiger partial charge < -0.3 is 0 Å². The predicted octanol–water partition coefficient (Wildman–Crippen LogP) is 9.03. The fourth-order valence-corrected chi connectivity index (χ4v) is 4.53. The van der Waals surface area contributed by atoms with Gasteiger partial charge in [-0.05, 0) is 58.2 Å². The van der Waals surface area contributed by atoms with Crippen molar-refractivity contribution < 1.29 is 0 Å². The van der Waals surface area contributed by atoms with E-state index in [9.17, 15) is 0 Å². The second-order valence-electron chi connectivity index (χ2n) is 9.06. The first-order valence-electron chi connectivity index (χ1n) is 12.6. The van der Waals surface area contributed by atoms with Crippen LogP contribution in [0.5, 0.6) is 0 Å². The summed E-state index contributed by atoms with van der Waals surface area (Å²) in [4.78, 5) is 5.22. The molecule has 0 saturated heterocycles. The lowest BCUT2D eigenvalue weighted by Crippen LogP contribution is -2.04. The van der Waals surface area contributed by atoms with Gasteiger partial charge in [0.1, 0.15) is 6.04 Å². The quantitative estimate of drug-likeness (QED) is 0.172. The molecule has 2 unspecified atom stereocenters. The van der Waals surface area contributed by atoms with Crippen molar-refractivity contribution in [2.75, 3.05) is 0 Å². The van der Waals surface area contributed by atoms with Crippen LogP contribution in [0.25, 0.3) is 21.9 Å². The van der Waals surface area contributed by atoms with E-state index in [0.717, 1.165) is 28.0 Å². The van der Waals surface area contributed by atoms with E-state index in [1.165, 1.54) is 16.3 Å². The lowest BCUT2D eigenvalue weighted by Gasteiger charge is -2.15. The number of allylic oxidation sites excluding steroid dienone is 1. The molecule has 0 radical (unpaired) electrons. The summed E-state index contributed by atoms with van der Waals surface area (Å²) in [7, 11) is 0. The van der Waals surface area contributed by atoms with E-state index in [-0.39, 0.29) is 12.0 Å². The molecule has 0 spiro atoms. The van der Waals surface area contributed by atoms with Crippen molar-refractivity contribution in [3.63, 3.8) is 0 Å². The van der Waals surface area contributed by atoms with Gasteiger partial charge in [0.2, 0.25) is 0 Å². The Balaban J connectivity index is 1.65. The van der Waals surface area contributed by atoms with Crippen molar-refractivity contribution in [2.24, 2.45) is 4.99 Å². The van der Waals surface area contributed by atoms with Crippen LogP contribution in [-0.4, -0.2) is 5.71 Å². The SMILES string of the molecule is C=CC(=NC(C#CC(C)c1ccccc1)c1ccccc1)c1cc2ccccc2cc1-c1ccccc1. The molecular formula is C36H29N. The number of hydrogen-bond donors (Lipinski definition) is 0. The van der Waals surface area contributed by atoms with E-state index in [2.05, 4.69) is 122 Å². The Morgan fingerprint density at radius 3 is 1.84 bits per heavy atom. The third-order valence-electron chi connectivity index (χ3n) is 6.56. The Hall–Kier alpha value is -4.67. The third kappa shape index (κ3) is 5.61. The smallest absolute Gasteiger partial charge is 0.136 e. The highest BCUT2D eigenvalue weighted by Gasteiger charge is 2.14. The minimum absolute atomic E-state index is 0.107. The van der Waals surface area contributed by atoms with Crippen LogP contribution in [0.1, 0.15) is 35.6 Å². The summed E-state index contributed by atoms with van der Waals surface area (Å²) < 4.78 is 0. The van der Waals surface area contributed by atoms with Crippen LogP contribution in [0.3, 0.4) is 0 Å². The Morgan fingerprint density at radius 1 is 0.676 bits per heavy atom. The summed E-state index contributed by atoms with van der Waals surface area (Å²) in [6.07, 6.45) is 1.86. The van der Waals surface area contributed by atoms with Crippen molar-refractivity contribution in [3.8, 4) is 23.0 Å². The minimum Gasteiger partial charge on any atom is -0.264 e. The van der Waals surface area contributed by atoms with Crippen LogP contribution < -0.4 is 0 Å². The van der Waals surface area contributed by atoms with Gasteiger partial charge in [0.15, 0.2) is 0 Å². The molecule has 1 nitrogen and oxygen atoms in total. The van der Waals surface area contributed by atoms with Crippen LogP contribution in [0.2, 0.25) is 0 Å². The van der Waals surface area contributed by atoms with Crippen molar-refractivity contribution in [2.45, 2.75) is 18.9 Å². The van der Waals surface area contributed by atoms with Crippen molar-refractivity contribution >= 4 is 16.5 Å². The Morgan fingerprint density at radius 2 is 1.22 bits per heavy atom. The number of aliphatic imine (C=N–C) groups is 1. The van der Waals surface area contributed by atoms with E-state index < -0.39 is 0 Å². The number of nitrogens with zero attached hydrogens (tertiary/aromatic N) is 1. The minimum atomic E-state index is -0.310. The first kappa shape index (κ1) is 24.0. The molecule has 0 saturated carbocycles. The predicted molar refractivity (Wildman–Crippen MR) is 158 cm³/mol. The largest absolute Gasteiger partial charge is 0.264 e. The molecule has 0 bridgehead atoms. The maximum atomic E-state index is 5.22. The van der Waals surface area contributed by atoms with Crippen LogP contribution in [-0.2, 0) is 0 Å². The number of rotatable bonds is 6. The zero-order valence-electron chi connectivity index (χ0n) is 21.0. The van der Waals surface area contributed by atoms with E-state index in [1.807, 2.05) is 36.4 Å². The molecule has 37 heavy (non-hydrogen) atoms. The molecule has 0 aliphatic carbocycles. The van der Waals surface area contributed by atoms with Gasteiger partial charge in [-0.25, -0.2) is 0 Å². The van der Waals surface area contributed by atoms with Gasteiger partial charge >= 0.3 is 0 Å². The average Bonchev–Trinajstić information content (AvgIpc) is 2.98. The Kier molecular flexibility index (Phi) is 7.39. The highest BCUT2D eigenvalue weighted by atomic mass is 14.8. The third-order valence-corrected chi connectivity index (χ3v) is 6.56. The fraction of sp³-hybridized carbons (Fsp3) is 0.0833. The van der Waals surface area contributed by atoms with Gasteiger partial charge in [0, 0.05) is 11.5 Å². The lowest BCUT2D eigenvalue weighted by molar-refractivity contribution is 0.933. The summed E-state index contributed by atoms with van der Waals surface area (Å²) in [5, 5.41) is 2.37. The van der Waals surface area contributed by atoms with Crippen LogP contribution in [0.15, 0.2) is 145 Å². The summed E-state index contributed by atoms with van der Waals surface area (Å²) in [5.74, 6) is 7.05. The molecule has 2 atom stereocenters. The summed E-state index contributed by atoms with van der Waals surface area (Å²) in [6.45, 7) is 6.30. The molecule has 0 aliphatic heterocycles. The monoisotopic (exact) mass is 475 g/mol. The summed E-state index contributed by atoms with van der Waals surface area (Å²) >= 11 is 0. The molecule has 1 heteroatoms. The van der Waals surface area contributed by atoms with Gasteiger partial charge in [-0.15, -0.1) is 0 Å². The molecule has 5 aromatic carbocycles. The Labute approximate surface area is 219 Å². The van der Waals surface area contributed by atoms with Crippen LogP contribution in [0, 0.1) is 11.8 Å². The molecule has 5 aromatic rings. The second kappa shape index (κ2) is 11.4. The van der Waals surface area contributed by atoms with Gasteiger partial charge in [-0.2, -0.15) is 0 Å². The maximum absolute atomic E-state index is 5.22. The Bertz CT molecular complexity index is 1590. The number of hydrogen-bond acceptors (Lipinski definition) is 1. The maximum Gasteiger partial charge on any atom is 0.136 e. The zero-order valence-corrected chi connectivity index (χ0v) is 21.0. The van der Waals surface area contributed by atoms with Gasteiger partial charge in [0.05, 0.1) is 5.71 Å². The van der Waals surface area contributed by atoms with E-state index in [1.54, 1.807) is 0 Å². The fourth-order valence-electron chi connectivity index (χ4n) is 4.53. The molecule has 0 fully saturated rings. The van der Waals surface area contributed by atoms with Gasteiger partial charge in [0.25, 0.3) is 0 Å². The van der Waals surface area contributed by atoms with E-state index in [4.69, 9.17) is 4.99 Å². The van der Waals surface area contributed by atoms with Crippen LogP contribution in [0.4, 0.5) is 0 Å². The van der Waals surface area contributed by atoms with Gasteiger partial charge in [-0.3, -0.25) is 4.99 Å². The normalized spacial score (nSPS) is 12.8. The molecule has 0 aromatic heterocycles.